The van der Waals surface area contributed by atoms with Crippen molar-refractivity contribution >= 4 is 50.5 Å². The van der Waals surface area contributed by atoms with Gasteiger partial charge in [0.15, 0.2) is 11.6 Å². The van der Waals surface area contributed by atoms with Crippen molar-refractivity contribution in [1.82, 2.24) is 24.5 Å². The van der Waals surface area contributed by atoms with Gasteiger partial charge in [0, 0.05) is 44.3 Å². The highest BCUT2D eigenvalue weighted by atomic mass is 32.1. The van der Waals surface area contributed by atoms with Crippen molar-refractivity contribution in [2.45, 2.75) is 0 Å². The lowest BCUT2D eigenvalue weighted by molar-refractivity contribution is 1.02. The monoisotopic (exact) mass is 724 g/mol. The molecule has 7 heteroatoms. The standard InChI is InChI=1S/C48H32N6S/c1-5-17-33(18-6-1)44-42-40-28-13-14-29-41(40)54(43(42)45(55-44)34-19-7-2-8-20-34)38-26-15-23-36(31-38)47-50-46(35-21-9-3-10-22-35)51-48(52-47)53(37-24-11-4-12-25-37)39-27-16-30-49-32-39/h1-32H. The van der Waals surface area contributed by atoms with Gasteiger partial charge in [-0.25, -0.2) is 4.98 Å². The van der Waals surface area contributed by atoms with Crippen molar-refractivity contribution < 1.29 is 0 Å². The molecule has 6 aromatic carbocycles. The zero-order chi connectivity index (χ0) is 36.6. The van der Waals surface area contributed by atoms with Crippen LogP contribution in [-0.4, -0.2) is 24.5 Å². The Hall–Kier alpha value is -7.22. The van der Waals surface area contributed by atoms with Crippen molar-refractivity contribution in [3.8, 4) is 49.3 Å². The van der Waals surface area contributed by atoms with E-state index in [1.165, 1.54) is 37.2 Å². The number of anilines is 3. The predicted molar refractivity (Wildman–Crippen MR) is 226 cm³/mol. The van der Waals surface area contributed by atoms with E-state index < -0.39 is 0 Å². The van der Waals surface area contributed by atoms with Crippen LogP contribution < -0.4 is 4.90 Å². The number of rotatable bonds is 8. The maximum Gasteiger partial charge on any atom is 0.238 e. The molecule has 0 spiro atoms. The van der Waals surface area contributed by atoms with Crippen LogP contribution in [-0.2, 0) is 0 Å². The van der Waals surface area contributed by atoms with Gasteiger partial charge >= 0.3 is 0 Å². The number of pyridine rings is 1. The number of aromatic nitrogens is 5. The molecule has 0 aliphatic rings. The maximum atomic E-state index is 5.21. The third-order valence-electron chi connectivity index (χ3n) is 9.73. The van der Waals surface area contributed by atoms with Crippen molar-refractivity contribution in [3.05, 3.63) is 194 Å². The highest BCUT2D eigenvalue weighted by Gasteiger charge is 2.24. The van der Waals surface area contributed by atoms with E-state index >= 15 is 0 Å². The molecule has 0 amide bonds. The summed E-state index contributed by atoms with van der Waals surface area (Å²) in [7, 11) is 0. The fraction of sp³-hybridized carbons (Fsp3) is 0. The lowest BCUT2D eigenvalue weighted by atomic mass is 10.1. The molecule has 4 aromatic heterocycles. The Morgan fingerprint density at radius 3 is 1.75 bits per heavy atom. The topological polar surface area (TPSA) is 59.7 Å². The van der Waals surface area contributed by atoms with Crippen LogP contribution in [0.15, 0.2) is 194 Å². The van der Waals surface area contributed by atoms with E-state index in [4.69, 9.17) is 15.0 Å². The minimum absolute atomic E-state index is 0.499. The van der Waals surface area contributed by atoms with Gasteiger partial charge in [-0.15, -0.1) is 11.3 Å². The molecule has 0 aliphatic heterocycles. The average Bonchev–Trinajstić information content (AvgIpc) is 3.82. The number of para-hydroxylation sites is 2. The second-order valence-electron chi connectivity index (χ2n) is 13.1. The highest BCUT2D eigenvalue weighted by Crippen LogP contribution is 2.49. The molecule has 4 heterocycles. The normalized spacial score (nSPS) is 11.3. The van der Waals surface area contributed by atoms with E-state index in [1.54, 1.807) is 6.20 Å². The Morgan fingerprint density at radius 1 is 0.473 bits per heavy atom. The van der Waals surface area contributed by atoms with E-state index in [0.717, 1.165) is 33.7 Å². The second-order valence-corrected chi connectivity index (χ2v) is 14.2. The first kappa shape index (κ1) is 32.4. The fourth-order valence-electron chi connectivity index (χ4n) is 7.27. The SMILES string of the molecule is c1ccc(-c2nc(-c3cccc(-n4c5ccccc5c5c(-c6ccccc6)sc(-c6ccccc6)c54)c3)nc(N(c3ccccc3)c3cccnc3)n2)cc1. The molecule has 0 bridgehead atoms. The first-order valence-electron chi connectivity index (χ1n) is 18.1. The second kappa shape index (κ2) is 14.0. The Labute approximate surface area is 322 Å². The summed E-state index contributed by atoms with van der Waals surface area (Å²) in [4.78, 5) is 24.4. The Morgan fingerprint density at radius 2 is 1.05 bits per heavy atom. The molecular formula is C48H32N6S. The number of fused-ring (bicyclic) bond motifs is 3. The number of hydrogen-bond donors (Lipinski definition) is 0. The molecule has 0 atom stereocenters. The van der Waals surface area contributed by atoms with Gasteiger partial charge < -0.3 is 4.57 Å². The molecule has 6 nitrogen and oxygen atoms in total. The van der Waals surface area contributed by atoms with Gasteiger partial charge in [-0.05, 0) is 53.6 Å². The molecule has 0 aliphatic carbocycles. The number of thiophene rings is 1. The predicted octanol–water partition coefficient (Wildman–Crippen LogP) is 12.6. The summed E-state index contributed by atoms with van der Waals surface area (Å²) in [6, 6.07) is 62.9. The summed E-state index contributed by atoms with van der Waals surface area (Å²) in [5.41, 5.74) is 9.28. The minimum Gasteiger partial charge on any atom is -0.308 e. The lowest BCUT2D eigenvalue weighted by Gasteiger charge is -2.23. The largest absolute Gasteiger partial charge is 0.308 e. The first-order chi connectivity index (χ1) is 27.3. The minimum atomic E-state index is 0.499. The van der Waals surface area contributed by atoms with Crippen LogP contribution in [0.3, 0.4) is 0 Å². The molecule has 0 saturated heterocycles. The molecule has 0 fully saturated rings. The zero-order valence-electron chi connectivity index (χ0n) is 29.6. The van der Waals surface area contributed by atoms with E-state index in [2.05, 4.69) is 131 Å². The quantitative estimate of drug-likeness (QED) is 0.156. The van der Waals surface area contributed by atoms with E-state index in [0.29, 0.717) is 17.6 Å². The van der Waals surface area contributed by atoms with Crippen LogP contribution in [0.2, 0.25) is 0 Å². The van der Waals surface area contributed by atoms with Crippen LogP contribution in [0.25, 0.3) is 71.2 Å². The third kappa shape index (κ3) is 5.93. The van der Waals surface area contributed by atoms with Crippen LogP contribution in [0.4, 0.5) is 17.3 Å². The Bertz CT molecular complexity index is 2870. The van der Waals surface area contributed by atoms with Crippen LogP contribution in [0, 0.1) is 0 Å². The van der Waals surface area contributed by atoms with Gasteiger partial charge in [0.1, 0.15) is 0 Å². The lowest BCUT2D eigenvalue weighted by Crippen LogP contribution is -2.15. The maximum absolute atomic E-state index is 5.21. The summed E-state index contributed by atoms with van der Waals surface area (Å²) in [5.74, 6) is 1.65. The summed E-state index contributed by atoms with van der Waals surface area (Å²) < 4.78 is 2.41. The first-order valence-corrected chi connectivity index (χ1v) is 19.0. The van der Waals surface area contributed by atoms with Crippen molar-refractivity contribution in [2.75, 3.05) is 4.90 Å². The molecule has 260 valence electrons. The third-order valence-corrected chi connectivity index (χ3v) is 11.0. The molecule has 0 saturated carbocycles. The van der Waals surface area contributed by atoms with E-state index in [-0.39, 0.29) is 0 Å². The van der Waals surface area contributed by atoms with Crippen molar-refractivity contribution in [3.63, 3.8) is 0 Å². The summed E-state index contributed by atoms with van der Waals surface area (Å²) >= 11 is 1.85. The molecular weight excluding hydrogens is 693 g/mol. The van der Waals surface area contributed by atoms with Gasteiger partial charge in [-0.1, -0.05) is 140 Å². The number of benzene rings is 6. The van der Waals surface area contributed by atoms with Crippen LogP contribution >= 0.6 is 11.3 Å². The molecule has 0 unspecified atom stereocenters. The molecule has 10 aromatic rings. The van der Waals surface area contributed by atoms with Crippen LogP contribution in [0.1, 0.15) is 0 Å². The van der Waals surface area contributed by atoms with Crippen molar-refractivity contribution in [2.24, 2.45) is 0 Å². The fourth-order valence-corrected chi connectivity index (χ4v) is 8.58. The van der Waals surface area contributed by atoms with Gasteiger partial charge in [0.05, 0.1) is 27.8 Å². The smallest absolute Gasteiger partial charge is 0.238 e. The van der Waals surface area contributed by atoms with Crippen LogP contribution in [0.5, 0.6) is 0 Å². The van der Waals surface area contributed by atoms with Gasteiger partial charge in [-0.3, -0.25) is 9.88 Å². The Kier molecular flexibility index (Phi) is 8.24. The van der Waals surface area contributed by atoms with E-state index in [1.807, 2.05) is 83.1 Å². The van der Waals surface area contributed by atoms with Gasteiger partial charge in [0.25, 0.3) is 0 Å². The molecule has 0 radical (unpaired) electrons. The molecule has 55 heavy (non-hydrogen) atoms. The van der Waals surface area contributed by atoms with E-state index in [9.17, 15) is 0 Å². The van der Waals surface area contributed by atoms with Crippen molar-refractivity contribution in [1.29, 1.82) is 0 Å². The summed E-state index contributed by atoms with van der Waals surface area (Å²) in [6.07, 6.45) is 3.60. The zero-order valence-corrected chi connectivity index (χ0v) is 30.4. The summed E-state index contributed by atoms with van der Waals surface area (Å²) in [6.45, 7) is 0. The molecule has 0 N–H and O–H groups in total. The summed E-state index contributed by atoms with van der Waals surface area (Å²) in [5, 5.41) is 2.46. The number of nitrogens with zero attached hydrogens (tertiary/aromatic N) is 6. The Balaban J connectivity index is 1.21. The molecule has 10 rings (SSSR count). The number of hydrogen-bond acceptors (Lipinski definition) is 6. The van der Waals surface area contributed by atoms with Gasteiger partial charge in [-0.2, -0.15) is 9.97 Å². The van der Waals surface area contributed by atoms with Gasteiger partial charge in [0.2, 0.25) is 5.95 Å². The average molecular weight is 725 g/mol. The highest BCUT2D eigenvalue weighted by molar-refractivity contribution is 7.21.